The van der Waals surface area contributed by atoms with E-state index < -0.39 is 0 Å². The van der Waals surface area contributed by atoms with Crippen LogP contribution in [-0.4, -0.2) is 75.1 Å². The van der Waals surface area contributed by atoms with E-state index >= 15 is 0 Å². The number of ether oxygens (including phenoxy) is 2. The normalized spacial score (nSPS) is 15.0. The molecule has 3 aromatic rings. The van der Waals surface area contributed by atoms with Gasteiger partial charge in [0.1, 0.15) is 18.1 Å². The molecule has 1 aromatic heterocycles. The molecular formula is C46H58N4O4S2+2. The zero-order valence-corrected chi connectivity index (χ0v) is 34.8. The van der Waals surface area contributed by atoms with Crippen molar-refractivity contribution in [2.75, 3.05) is 67.2 Å². The Morgan fingerprint density at radius 1 is 0.768 bits per heavy atom. The Balaban J connectivity index is 0.881. The second kappa shape index (κ2) is 23.5. The van der Waals surface area contributed by atoms with Gasteiger partial charge in [0.2, 0.25) is 0 Å². The van der Waals surface area contributed by atoms with Gasteiger partial charge in [-0.25, -0.2) is 9.56 Å². The van der Waals surface area contributed by atoms with E-state index in [1.54, 1.807) is 0 Å². The van der Waals surface area contributed by atoms with Gasteiger partial charge in [0.05, 0.1) is 13.2 Å². The van der Waals surface area contributed by atoms with E-state index in [1.165, 1.54) is 64.2 Å². The van der Waals surface area contributed by atoms with E-state index in [0.29, 0.717) is 26.2 Å². The highest BCUT2D eigenvalue weighted by molar-refractivity contribution is 8.77. The minimum absolute atomic E-state index is 0.182. The molecule has 1 N–H and O–H groups in total. The second-order valence-corrected chi connectivity index (χ2v) is 16.6. The van der Waals surface area contributed by atoms with Crippen LogP contribution in [0.2, 0.25) is 0 Å². The zero-order chi connectivity index (χ0) is 39.4. The van der Waals surface area contributed by atoms with Crippen LogP contribution in [0.15, 0.2) is 97.2 Å². The monoisotopic (exact) mass is 794 g/mol. The molecule has 2 aliphatic rings. The van der Waals surface area contributed by atoms with Gasteiger partial charge < -0.3 is 19.3 Å². The lowest BCUT2D eigenvalue weighted by molar-refractivity contribution is -0.703. The average Bonchev–Trinajstić information content (AvgIpc) is 3.96. The summed E-state index contributed by atoms with van der Waals surface area (Å²) in [6.07, 6.45) is 21.0. The molecule has 2 aliphatic heterocycles. The molecule has 0 unspecified atom stereocenters. The molecule has 0 amide bonds. The number of anilines is 2. The summed E-state index contributed by atoms with van der Waals surface area (Å²) >= 11 is 0. The first-order chi connectivity index (χ1) is 27.4. The summed E-state index contributed by atoms with van der Waals surface area (Å²) in [7, 11) is 2.62. The molecule has 296 valence electrons. The Morgan fingerprint density at radius 3 is 1.86 bits per heavy atom. The summed E-state index contributed by atoms with van der Waals surface area (Å²) in [4.78, 5) is 32.6. The van der Waals surface area contributed by atoms with E-state index in [1.807, 2.05) is 13.0 Å². The third-order valence-electron chi connectivity index (χ3n) is 9.79. The third-order valence-corrected chi connectivity index (χ3v) is 11.9. The molecule has 0 bridgehead atoms. The quantitative estimate of drug-likeness (QED) is 0.0302. The van der Waals surface area contributed by atoms with Crippen LogP contribution in [0.5, 0.6) is 0 Å². The van der Waals surface area contributed by atoms with Crippen LogP contribution in [0.4, 0.5) is 11.4 Å². The van der Waals surface area contributed by atoms with Gasteiger partial charge in [0.15, 0.2) is 24.1 Å². The lowest BCUT2D eigenvalue weighted by atomic mass is 10.1. The molecule has 2 saturated heterocycles. The second-order valence-electron chi connectivity index (χ2n) is 14.2. The van der Waals surface area contributed by atoms with Crippen molar-refractivity contribution < 1.29 is 28.6 Å². The summed E-state index contributed by atoms with van der Waals surface area (Å²) in [6.45, 7) is 14.8. The van der Waals surface area contributed by atoms with Crippen LogP contribution in [-0.2, 0) is 25.6 Å². The lowest BCUT2D eigenvalue weighted by Crippen LogP contribution is -2.72. The van der Waals surface area contributed by atoms with Gasteiger partial charge in [-0.15, -0.1) is 0 Å². The lowest BCUT2D eigenvalue weighted by Gasteiger charge is -2.17. The van der Waals surface area contributed by atoms with Crippen molar-refractivity contribution in [1.82, 2.24) is 0 Å². The predicted octanol–water partition coefficient (Wildman–Crippen LogP) is 7.27. The number of aromatic nitrogens is 1. The summed E-state index contributed by atoms with van der Waals surface area (Å²) in [5, 5.41) is 0. The highest BCUT2D eigenvalue weighted by Crippen LogP contribution is 2.23. The zero-order valence-electron chi connectivity index (χ0n) is 33.1. The number of hydrogen-bond donors (Lipinski definition) is 1. The van der Waals surface area contributed by atoms with Crippen molar-refractivity contribution in [3.05, 3.63) is 120 Å². The highest BCUT2D eigenvalue weighted by atomic mass is 33.1. The van der Waals surface area contributed by atoms with Crippen LogP contribution < -0.4 is 19.4 Å². The molecule has 3 heterocycles. The molecule has 2 fully saturated rings. The first-order valence-corrected chi connectivity index (χ1v) is 22.4. The maximum Gasteiger partial charge on any atom is 0.316 e. The average molecular weight is 795 g/mol. The van der Waals surface area contributed by atoms with Crippen LogP contribution >= 0.6 is 21.6 Å². The molecule has 8 nitrogen and oxygen atoms in total. The number of carbonyl (C=O) groups is 2. The summed E-state index contributed by atoms with van der Waals surface area (Å²) < 4.78 is 13.0. The van der Waals surface area contributed by atoms with Crippen molar-refractivity contribution in [2.24, 2.45) is 0 Å². The van der Waals surface area contributed by atoms with E-state index in [9.17, 15) is 9.59 Å². The highest BCUT2D eigenvalue weighted by Gasteiger charge is 2.13. The Bertz CT molecular complexity index is 1840. The number of nitrogens with zero attached hydrogens (tertiary/aromatic N) is 3. The molecule has 10 heteroatoms. The van der Waals surface area contributed by atoms with Crippen molar-refractivity contribution >= 4 is 68.8 Å². The van der Waals surface area contributed by atoms with Gasteiger partial charge in [-0.2, -0.15) is 0 Å². The smallest absolute Gasteiger partial charge is 0.316 e. The molecule has 0 radical (unpaired) electrons. The minimum atomic E-state index is -0.288. The van der Waals surface area contributed by atoms with Crippen molar-refractivity contribution in [2.45, 2.75) is 58.9 Å². The fraction of sp³-hybridized carbons (Fsp3) is 0.391. The number of allylic oxidation sites excluding steroid dienone is 4. The first-order valence-electron chi connectivity index (χ1n) is 19.9. The molecule has 0 aliphatic carbocycles. The fourth-order valence-corrected chi connectivity index (χ4v) is 8.26. The largest absolute Gasteiger partial charge is 0.465 e. The van der Waals surface area contributed by atoms with Gasteiger partial charge in [-0.1, -0.05) is 82.8 Å². The van der Waals surface area contributed by atoms with E-state index in [4.69, 9.17) is 9.47 Å². The summed E-state index contributed by atoms with van der Waals surface area (Å²) in [6, 6.07) is 21.8. The Kier molecular flexibility index (Phi) is 17.9. The third kappa shape index (κ3) is 14.8. The SMILES string of the molecule is C=CC(/C=C/c1ccc(N2CCCC2)cc1)=C\C(C)=[NH+]CCCOC(=O)CSSCC(=O)OCCC[n+]1ccc(/C=C/c2ccc(N3CCCC3)cc2)cc1C. The number of esters is 2. The van der Waals surface area contributed by atoms with Gasteiger partial charge >= 0.3 is 11.9 Å². The van der Waals surface area contributed by atoms with Gasteiger partial charge in [0, 0.05) is 82.5 Å². The molecule has 56 heavy (non-hydrogen) atoms. The molecule has 0 spiro atoms. The van der Waals surface area contributed by atoms with Crippen LogP contribution in [0.3, 0.4) is 0 Å². The number of benzene rings is 2. The predicted molar refractivity (Wildman–Crippen MR) is 236 cm³/mol. The number of hydrogen-bond acceptors (Lipinski definition) is 8. The van der Waals surface area contributed by atoms with Crippen LogP contribution in [0, 0.1) is 6.92 Å². The topological polar surface area (TPSA) is 76.9 Å². The molecule has 0 atom stereocenters. The van der Waals surface area contributed by atoms with E-state index in [0.717, 1.165) is 67.3 Å². The van der Waals surface area contributed by atoms with Gasteiger partial charge in [-0.05, 0) is 72.2 Å². The van der Waals surface area contributed by atoms with E-state index in [2.05, 4.69) is 130 Å². The standard InChI is InChI=1S/C46H57N4O4S2/c1-4-39(11-12-40-15-19-43(20-16-40)49-25-5-6-26-49)33-37(2)47-24-9-31-53-45(51)35-55-56-36-46(52)54-32-10-29-48-30-23-42(34-38(48)3)14-13-41-17-21-44(22-18-41)50-27-7-8-28-50/h4,11-23,30,33-34H,1,5-10,24-29,31-32,35-36H2,2-3H3/q+1/p+1/b12-11+,39-33+,47-37?. The number of pyridine rings is 1. The number of nitrogens with one attached hydrogen (secondary N) is 1. The van der Waals surface area contributed by atoms with Crippen molar-refractivity contribution in [3.8, 4) is 0 Å². The summed E-state index contributed by atoms with van der Waals surface area (Å²) in [5.41, 5.74) is 9.28. The molecule has 5 rings (SSSR count). The molecule has 0 saturated carbocycles. The minimum Gasteiger partial charge on any atom is -0.465 e. The van der Waals surface area contributed by atoms with Crippen LogP contribution in [0.25, 0.3) is 18.2 Å². The van der Waals surface area contributed by atoms with Crippen molar-refractivity contribution in [1.29, 1.82) is 0 Å². The molecular weight excluding hydrogens is 737 g/mol. The first kappa shape index (κ1) is 42.6. The number of carbonyl (C=O) groups excluding carboxylic acids is 2. The Labute approximate surface area is 341 Å². The van der Waals surface area contributed by atoms with E-state index in [-0.39, 0.29) is 23.4 Å². The maximum absolute atomic E-state index is 12.2. The maximum atomic E-state index is 12.2. The van der Waals surface area contributed by atoms with Gasteiger partial charge in [0.25, 0.3) is 0 Å². The number of rotatable bonds is 21. The number of aryl methyl sites for hydroxylation is 2. The van der Waals surface area contributed by atoms with Crippen LogP contribution in [0.1, 0.15) is 67.8 Å². The Hall–Kier alpha value is -4.54. The summed E-state index contributed by atoms with van der Waals surface area (Å²) in [5.74, 6) is -0.197. The molecule has 2 aromatic carbocycles. The van der Waals surface area contributed by atoms with Gasteiger partial charge in [-0.3, -0.25) is 9.59 Å². The Morgan fingerprint density at radius 2 is 1.30 bits per heavy atom. The fourth-order valence-electron chi connectivity index (χ4n) is 6.65. The van der Waals surface area contributed by atoms with Crippen molar-refractivity contribution in [3.63, 3.8) is 0 Å².